The summed E-state index contributed by atoms with van der Waals surface area (Å²) >= 11 is 1.73. The maximum Gasteiger partial charge on any atom is 0.227 e. The Balaban J connectivity index is 1.61. The first-order valence-corrected chi connectivity index (χ1v) is 6.99. The average Bonchev–Trinajstić information content (AvgIpc) is 3.07. The van der Waals surface area contributed by atoms with Gasteiger partial charge in [-0.3, -0.25) is 0 Å². The zero-order chi connectivity index (χ0) is 13.1. The van der Waals surface area contributed by atoms with Crippen LogP contribution in [0.25, 0.3) is 10.2 Å². The number of thiazole rings is 1. The molecule has 0 saturated heterocycles. The zero-order valence-electron chi connectivity index (χ0n) is 10.5. The quantitative estimate of drug-likeness (QED) is 0.774. The van der Waals surface area contributed by atoms with Crippen LogP contribution in [0.5, 0.6) is 0 Å². The van der Waals surface area contributed by atoms with Gasteiger partial charge in [-0.2, -0.15) is 4.98 Å². The summed E-state index contributed by atoms with van der Waals surface area (Å²) in [5.41, 5.74) is 1.06. The van der Waals surface area contributed by atoms with Crippen LogP contribution in [0.1, 0.15) is 23.9 Å². The van der Waals surface area contributed by atoms with Gasteiger partial charge in [0.25, 0.3) is 0 Å². The summed E-state index contributed by atoms with van der Waals surface area (Å²) in [5, 5.41) is 8.10. The van der Waals surface area contributed by atoms with E-state index in [1.54, 1.807) is 11.3 Å². The van der Waals surface area contributed by atoms with E-state index in [1.807, 2.05) is 18.2 Å². The van der Waals surface area contributed by atoms with E-state index in [4.69, 9.17) is 4.52 Å². The van der Waals surface area contributed by atoms with E-state index in [9.17, 15) is 0 Å². The molecular formula is C13H14N4OS. The van der Waals surface area contributed by atoms with Crippen LogP contribution in [0, 0.1) is 0 Å². The highest BCUT2D eigenvalue weighted by atomic mass is 32.1. The second-order valence-corrected chi connectivity index (χ2v) is 5.34. The molecule has 0 fully saturated rings. The van der Waals surface area contributed by atoms with E-state index in [0.717, 1.165) is 23.5 Å². The molecule has 2 aromatic heterocycles. The summed E-state index contributed by atoms with van der Waals surface area (Å²) in [6.45, 7) is 2.91. The molecule has 98 valence electrons. The Morgan fingerprint density at radius 3 is 3.05 bits per heavy atom. The molecule has 0 spiro atoms. The van der Waals surface area contributed by atoms with Crippen LogP contribution in [0.2, 0.25) is 0 Å². The molecule has 19 heavy (non-hydrogen) atoms. The number of nitrogens with zero attached hydrogens (tertiary/aromatic N) is 3. The van der Waals surface area contributed by atoms with Crippen molar-refractivity contribution in [2.75, 3.05) is 6.54 Å². The van der Waals surface area contributed by atoms with Crippen LogP contribution in [0.4, 0.5) is 0 Å². The van der Waals surface area contributed by atoms with Gasteiger partial charge in [0.2, 0.25) is 5.89 Å². The topological polar surface area (TPSA) is 63.8 Å². The van der Waals surface area contributed by atoms with Gasteiger partial charge in [0, 0.05) is 13.0 Å². The van der Waals surface area contributed by atoms with Crippen LogP contribution in [0.15, 0.2) is 35.1 Å². The van der Waals surface area contributed by atoms with Gasteiger partial charge < -0.3 is 9.84 Å². The Bertz CT molecular complexity index is 617. The molecule has 6 heteroatoms. The number of nitrogens with one attached hydrogen (secondary N) is 1. The van der Waals surface area contributed by atoms with Gasteiger partial charge in [-0.05, 0) is 19.1 Å². The summed E-state index contributed by atoms with van der Waals surface area (Å²) in [7, 11) is 0. The van der Waals surface area contributed by atoms with Gasteiger partial charge in [-0.1, -0.05) is 17.3 Å². The monoisotopic (exact) mass is 274 g/mol. The molecule has 1 unspecified atom stereocenters. The number of hydrogen-bond acceptors (Lipinski definition) is 6. The fourth-order valence-electron chi connectivity index (χ4n) is 1.86. The first-order chi connectivity index (χ1) is 9.33. The molecule has 3 rings (SSSR count). The van der Waals surface area contributed by atoms with Crippen molar-refractivity contribution in [1.82, 2.24) is 20.4 Å². The van der Waals surface area contributed by atoms with E-state index in [1.165, 1.54) is 11.0 Å². The standard InChI is InChI=1S/C13H14N4OS/c1-9(14-7-6-12-15-8-16-18-12)13-17-10-4-2-3-5-11(10)19-13/h2-5,8-9,14H,6-7H2,1H3. The lowest BCUT2D eigenvalue weighted by atomic mass is 10.3. The number of aromatic nitrogens is 3. The molecule has 0 aliphatic heterocycles. The predicted molar refractivity (Wildman–Crippen MR) is 74.0 cm³/mol. The highest BCUT2D eigenvalue weighted by Crippen LogP contribution is 2.25. The van der Waals surface area contributed by atoms with Crippen molar-refractivity contribution < 1.29 is 4.52 Å². The molecule has 0 amide bonds. The third-order valence-electron chi connectivity index (χ3n) is 2.88. The molecule has 1 N–H and O–H groups in total. The van der Waals surface area contributed by atoms with E-state index < -0.39 is 0 Å². The number of rotatable bonds is 5. The second-order valence-electron chi connectivity index (χ2n) is 4.28. The molecule has 0 bridgehead atoms. The first-order valence-electron chi connectivity index (χ1n) is 6.17. The minimum atomic E-state index is 0.223. The van der Waals surface area contributed by atoms with Crippen molar-refractivity contribution in [2.24, 2.45) is 0 Å². The second kappa shape index (κ2) is 5.46. The highest BCUT2D eigenvalue weighted by molar-refractivity contribution is 7.18. The van der Waals surface area contributed by atoms with Gasteiger partial charge in [-0.15, -0.1) is 11.3 Å². The minimum Gasteiger partial charge on any atom is -0.340 e. The van der Waals surface area contributed by atoms with E-state index in [2.05, 4.69) is 33.4 Å². The summed E-state index contributed by atoms with van der Waals surface area (Å²) in [6, 6.07) is 8.42. The van der Waals surface area contributed by atoms with E-state index >= 15 is 0 Å². The number of fused-ring (bicyclic) bond motifs is 1. The Labute approximate surface area is 114 Å². The van der Waals surface area contributed by atoms with Crippen molar-refractivity contribution in [2.45, 2.75) is 19.4 Å². The minimum absolute atomic E-state index is 0.223. The Hall–Kier alpha value is -1.79. The van der Waals surface area contributed by atoms with Crippen molar-refractivity contribution in [1.29, 1.82) is 0 Å². The van der Waals surface area contributed by atoms with Crippen molar-refractivity contribution in [3.63, 3.8) is 0 Å². The molecular weight excluding hydrogens is 260 g/mol. The van der Waals surface area contributed by atoms with Gasteiger partial charge in [-0.25, -0.2) is 4.98 Å². The van der Waals surface area contributed by atoms with Crippen LogP contribution in [-0.4, -0.2) is 21.7 Å². The first kappa shape index (κ1) is 12.3. The number of hydrogen-bond donors (Lipinski definition) is 1. The predicted octanol–water partition coefficient (Wildman–Crippen LogP) is 2.57. The van der Waals surface area contributed by atoms with E-state index in [0.29, 0.717) is 5.89 Å². The van der Waals surface area contributed by atoms with Crippen LogP contribution < -0.4 is 5.32 Å². The Morgan fingerprint density at radius 2 is 2.26 bits per heavy atom. The van der Waals surface area contributed by atoms with Gasteiger partial charge in [0.05, 0.1) is 16.3 Å². The summed E-state index contributed by atoms with van der Waals surface area (Å²) < 4.78 is 6.18. The summed E-state index contributed by atoms with van der Waals surface area (Å²) in [5.74, 6) is 0.656. The molecule has 0 aliphatic carbocycles. The van der Waals surface area contributed by atoms with Crippen LogP contribution in [0.3, 0.4) is 0 Å². The molecule has 2 heterocycles. The number of para-hydroxylation sites is 1. The van der Waals surface area contributed by atoms with Crippen LogP contribution >= 0.6 is 11.3 Å². The van der Waals surface area contributed by atoms with Gasteiger partial charge >= 0.3 is 0 Å². The molecule has 1 aromatic carbocycles. The van der Waals surface area contributed by atoms with Crippen LogP contribution in [-0.2, 0) is 6.42 Å². The van der Waals surface area contributed by atoms with Gasteiger partial charge in [0.15, 0.2) is 6.33 Å². The van der Waals surface area contributed by atoms with Gasteiger partial charge in [0.1, 0.15) is 5.01 Å². The smallest absolute Gasteiger partial charge is 0.227 e. The molecule has 0 saturated carbocycles. The lowest BCUT2D eigenvalue weighted by molar-refractivity contribution is 0.372. The maximum absolute atomic E-state index is 4.95. The summed E-state index contributed by atoms with van der Waals surface area (Å²) in [6.07, 6.45) is 2.15. The fraction of sp³-hybridized carbons (Fsp3) is 0.308. The lowest BCUT2D eigenvalue weighted by Crippen LogP contribution is -2.21. The largest absolute Gasteiger partial charge is 0.340 e. The van der Waals surface area contributed by atoms with Crippen molar-refractivity contribution in [3.05, 3.63) is 41.5 Å². The number of benzene rings is 1. The normalized spacial score (nSPS) is 12.9. The summed E-state index contributed by atoms with van der Waals surface area (Å²) in [4.78, 5) is 8.62. The maximum atomic E-state index is 4.95. The Kier molecular flexibility index (Phi) is 3.52. The highest BCUT2D eigenvalue weighted by Gasteiger charge is 2.11. The fourth-order valence-corrected chi connectivity index (χ4v) is 2.86. The molecule has 0 aliphatic rings. The molecule has 0 radical (unpaired) electrons. The third kappa shape index (κ3) is 2.80. The zero-order valence-corrected chi connectivity index (χ0v) is 11.4. The Morgan fingerprint density at radius 1 is 1.37 bits per heavy atom. The third-order valence-corrected chi connectivity index (χ3v) is 4.10. The SMILES string of the molecule is CC(NCCc1ncno1)c1nc2ccccc2s1. The molecule has 3 aromatic rings. The average molecular weight is 274 g/mol. The van der Waals surface area contributed by atoms with Crippen molar-refractivity contribution >= 4 is 21.6 Å². The lowest BCUT2D eigenvalue weighted by Gasteiger charge is -2.09. The molecule has 1 atom stereocenters. The van der Waals surface area contributed by atoms with E-state index in [-0.39, 0.29) is 6.04 Å². The van der Waals surface area contributed by atoms with Crippen molar-refractivity contribution in [3.8, 4) is 0 Å². The molecule has 5 nitrogen and oxygen atoms in total.